The summed E-state index contributed by atoms with van der Waals surface area (Å²) >= 11 is 0. The Morgan fingerprint density at radius 1 is 1.20 bits per heavy atom. The fourth-order valence-electron chi connectivity index (χ4n) is 3.85. The van der Waals surface area contributed by atoms with E-state index >= 15 is 0 Å². The summed E-state index contributed by atoms with van der Waals surface area (Å²) in [6.07, 6.45) is 7.61. The number of methoxy groups -OCH3 is 1. The van der Waals surface area contributed by atoms with E-state index in [1.807, 2.05) is 0 Å². The second-order valence-corrected chi connectivity index (χ2v) is 6.32. The SMILES string of the molecule is COCc1ccccc1CNC(C)C1CC2C=CC1C2. The number of benzene rings is 1. The second-order valence-electron chi connectivity index (χ2n) is 6.32. The zero-order valence-electron chi connectivity index (χ0n) is 12.5. The Labute approximate surface area is 122 Å². The van der Waals surface area contributed by atoms with Crippen LogP contribution < -0.4 is 5.32 Å². The van der Waals surface area contributed by atoms with Crippen molar-refractivity contribution in [2.45, 2.75) is 39.0 Å². The lowest BCUT2D eigenvalue weighted by Crippen LogP contribution is -2.35. The zero-order chi connectivity index (χ0) is 13.9. The van der Waals surface area contributed by atoms with Gasteiger partial charge >= 0.3 is 0 Å². The molecule has 2 nitrogen and oxygen atoms in total. The number of nitrogens with one attached hydrogen (secondary N) is 1. The third-order valence-corrected chi connectivity index (χ3v) is 5.01. The molecule has 2 bridgehead atoms. The predicted octanol–water partition coefficient (Wildman–Crippen LogP) is 3.52. The number of fused-ring (bicyclic) bond motifs is 2. The summed E-state index contributed by atoms with van der Waals surface area (Å²) in [5.74, 6) is 2.49. The van der Waals surface area contributed by atoms with Gasteiger partial charge in [-0.3, -0.25) is 0 Å². The zero-order valence-corrected chi connectivity index (χ0v) is 12.5. The van der Waals surface area contributed by atoms with Crippen LogP contribution >= 0.6 is 0 Å². The number of hydrogen-bond acceptors (Lipinski definition) is 2. The molecule has 2 heteroatoms. The van der Waals surface area contributed by atoms with Crippen LogP contribution in [0.2, 0.25) is 0 Å². The van der Waals surface area contributed by atoms with Gasteiger partial charge in [-0.2, -0.15) is 0 Å². The smallest absolute Gasteiger partial charge is 0.0716 e. The normalized spacial score (nSPS) is 29.0. The molecule has 3 rings (SSSR count). The summed E-state index contributed by atoms with van der Waals surface area (Å²) < 4.78 is 5.28. The Bertz CT molecular complexity index is 482. The second kappa shape index (κ2) is 6.11. The first-order valence-corrected chi connectivity index (χ1v) is 7.75. The van der Waals surface area contributed by atoms with Crippen molar-refractivity contribution in [3.8, 4) is 0 Å². The molecular weight excluding hydrogens is 246 g/mol. The summed E-state index contributed by atoms with van der Waals surface area (Å²) in [5.41, 5.74) is 2.66. The van der Waals surface area contributed by atoms with E-state index in [2.05, 4.69) is 48.7 Å². The Morgan fingerprint density at radius 3 is 2.65 bits per heavy atom. The standard InChI is InChI=1S/C18H25NO/c1-13(18-10-14-7-8-15(18)9-14)19-11-16-5-3-4-6-17(16)12-20-2/h3-8,13-15,18-19H,9-12H2,1-2H3. The van der Waals surface area contributed by atoms with Crippen LogP contribution in [-0.2, 0) is 17.9 Å². The molecule has 0 spiro atoms. The molecule has 2 aliphatic carbocycles. The van der Waals surface area contributed by atoms with Gasteiger partial charge in [0.1, 0.15) is 0 Å². The molecule has 1 fully saturated rings. The van der Waals surface area contributed by atoms with Gasteiger partial charge in [-0.1, -0.05) is 36.4 Å². The van der Waals surface area contributed by atoms with Crippen molar-refractivity contribution >= 4 is 0 Å². The summed E-state index contributed by atoms with van der Waals surface area (Å²) in [5, 5.41) is 3.74. The minimum Gasteiger partial charge on any atom is -0.380 e. The van der Waals surface area contributed by atoms with Crippen LogP contribution in [-0.4, -0.2) is 13.2 Å². The molecule has 4 atom stereocenters. The van der Waals surface area contributed by atoms with E-state index in [0.717, 1.165) is 24.3 Å². The van der Waals surface area contributed by atoms with Gasteiger partial charge in [0.05, 0.1) is 6.61 Å². The van der Waals surface area contributed by atoms with Gasteiger partial charge in [-0.15, -0.1) is 0 Å². The molecule has 0 aliphatic heterocycles. The molecule has 1 N–H and O–H groups in total. The maximum atomic E-state index is 5.28. The van der Waals surface area contributed by atoms with Gasteiger partial charge in [0.25, 0.3) is 0 Å². The van der Waals surface area contributed by atoms with E-state index in [0.29, 0.717) is 12.6 Å². The number of rotatable bonds is 6. The van der Waals surface area contributed by atoms with Crippen molar-refractivity contribution in [2.24, 2.45) is 17.8 Å². The first kappa shape index (κ1) is 13.8. The monoisotopic (exact) mass is 271 g/mol. The highest BCUT2D eigenvalue weighted by atomic mass is 16.5. The lowest BCUT2D eigenvalue weighted by Gasteiger charge is -2.26. The van der Waals surface area contributed by atoms with Crippen LogP contribution in [0.15, 0.2) is 36.4 Å². The maximum absolute atomic E-state index is 5.28. The van der Waals surface area contributed by atoms with Gasteiger partial charge in [-0.05, 0) is 48.6 Å². The summed E-state index contributed by atoms with van der Waals surface area (Å²) in [4.78, 5) is 0. The number of ether oxygens (including phenoxy) is 1. The first-order chi connectivity index (χ1) is 9.78. The van der Waals surface area contributed by atoms with Crippen molar-refractivity contribution in [3.05, 3.63) is 47.5 Å². The topological polar surface area (TPSA) is 21.3 Å². The Morgan fingerprint density at radius 2 is 2.00 bits per heavy atom. The predicted molar refractivity (Wildman–Crippen MR) is 82.3 cm³/mol. The van der Waals surface area contributed by atoms with Crippen LogP contribution in [0.25, 0.3) is 0 Å². The molecule has 0 radical (unpaired) electrons. The van der Waals surface area contributed by atoms with Gasteiger partial charge in [0, 0.05) is 19.7 Å². The van der Waals surface area contributed by atoms with Crippen molar-refractivity contribution in [3.63, 3.8) is 0 Å². The summed E-state index contributed by atoms with van der Waals surface area (Å²) in [6.45, 7) is 3.99. The summed E-state index contributed by atoms with van der Waals surface area (Å²) in [7, 11) is 1.76. The minimum absolute atomic E-state index is 0.588. The van der Waals surface area contributed by atoms with Crippen LogP contribution in [0.4, 0.5) is 0 Å². The highest BCUT2D eigenvalue weighted by Gasteiger charge is 2.38. The van der Waals surface area contributed by atoms with Crippen LogP contribution in [0.5, 0.6) is 0 Å². The molecule has 0 aromatic heterocycles. The third kappa shape index (κ3) is 2.82. The van der Waals surface area contributed by atoms with Gasteiger partial charge < -0.3 is 10.1 Å². The van der Waals surface area contributed by atoms with Crippen LogP contribution in [0, 0.1) is 17.8 Å². The van der Waals surface area contributed by atoms with E-state index < -0.39 is 0 Å². The van der Waals surface area contributed by atoms with E-state index in [4.69, 9.17) is 4.74 Å². The van der Waals surface area contributed by atoms with E-state index in [1.165, 1.54) is 24.0 Å². The van der Waals surface area contributed by atoms with Gasteiger partial charge in [0.15, 0.2) is 0 Å². The molecule has 1 saturated carbocycles. The fraction of sp³-hybridized carbons (Fsp3) is 0.556. The first-order valence-electron chi connectivity index (χ1n) is 7.75. The van der Waals surface area contributed by atoms with Crippen molar-refractivity contribution in [1.29, 1.82) is 0 Å². The molecular formula is C18H25NO. The van der Waals surface area contributed by atoms with Crippen molar-refractivity contribution < 1.29 is 4.74 Å². The minimum atomic E-state index is 0.588. The highest BCUT2D eigenvalue weighted by Crippen LogP contribution is 2.44. The molecule has 108 valence electrons. The molecule has 4 unspecified atom stereocenters. The molecule has 0 amide bonds. The molecule has 1 aromatic rings. The lowest BCUT2D eigenvalue weighted by atomic mass is 9.87. The highest BCUT2D eigenvalue weighted by molar-refractivity contribution is 5.26. The third-order valence-electron chi connectivity index (χ3n) is 5.01. The molecule has 0 saturated heterocycles. The van der Waals surface area contributed by atoms with Gasteiger partial charge in [-0.25, -0.2) is 0 Å². The van der Waals surface area contributed by atoms with Gasteiger partial charge in [0.2, 0.25) is 0 Å². The van der Waals surface area contributed by atoms with E-state index in [1.54, 1.807) is 7.11 Å². The molecule has 20 heavy (non-hydrogen) atoms. The fourth-order valence-corrected chi connectivity index (χ4v) is 3.85. The van der Waals surface area contributed by atoms with Crippen LogP contribution in [0.1, 0.15) is 30.9 Å². The van der Waals surface area contributed by atoms with Crippen molar-refractivity contribution in [1.82, 2.24) is 5.32 Å². The summed E-state index contributed by atoms with van der Waals surface area (Å²) in [6, 6.07) is 9.15. The average molecular weight is 271 g/mol. The largest absolute Gasteiger partial charge is 0.380 e. The Kier molecular flexibility index (Phi) is 4.23. The lowest BCUT2D eigenvalue weighted by molar-refractivity contribution is 0.184. The number of hydrogen-bond donors (Lipinski definition) is 1. The quantitative estimate of drug-likeness (QED) is 0.799. The molecule has 1 aromatic carbocycles. The van der Waals surface area contributed by atoms with Crippen molar-refractivity contribution in [2.75, 3.05) is 7.11 Å². The Balaban J connectivity index is 1.58. The Hall–Kier alpha value is -1.12. The van der Waals surface area contributed by atoms with Crippen LogP contribution in [0.3, 0.4) is 0 Å². The van der Waals surface area contributed by atoms with E-state index in [-0.39, 0.29) is 0 Å². The molecule has 0 heterocycles. The number of allylic oxidation sites excluding steroid dienone is 2. The van der Waals surface area contributed by atoms with E-state index in [9.17, 15) is 0 Å². The molecule has 2 aliphatic rings. The maximum Gasteiger partial charge on any atom is 0.0716 e. The average Bonchev–Trinajstić information content (AvgIpc) is 3.09.